The van der Waals surface area contributed by atoms with Gasteiger partial charge in [-0.1, -0.05) is 0 Å². The molecule has 0 amide bonds. The van der Waals surface area contributed by atoms with Gasteiger partial charge >= 0.3 is 27.3 Å². The molecule has 4 saturated carbocycles. The van der Waals surface area contributed by atoms with Gasteiger partial charge in [-0.25, -0.2) is 0 Å². The van der Waals surface area contributed by atoms with Crippen molar-refractivity contribution in [2.75, 3.05) is 13.9 Å². The second kappa shape index (κ2) is 6.93. The zero-order valence-electron chi connectivity index (χ0n) is 14.7. The van der Waals surface area contributed by atoms with Crippen LogP contribution in [0.1, 0.15) is 38.5 Å². The molecule has 8 nitrogen and oxygen atoms in total. The smallest absolute Gasteiger partial charge is 0.380 e. The number of rotatable bonds is 7. The average Bonchev–Trinajstić information content (AvgIpc) is 2.53. The summed E-state index contributed by atoms with van der Waals surface area (Å²) in [5.74, 6) is -1.81. The van der Waals surface area contributed by atoms with Gasteiger partial charge in [-0.05, 0) is 49.9 Å². The maximum absolute atomic E-state index is 13.4. The first-order valence-electron chi connectivity index (χ1n) is 8.68. The Kier molecular flexibility index (Phi) is 5.23. The lowest BCUT2D eigenvalue weighted by molar-refractivity contribution is -0.201. The molecule has 0 radical (unpaired) electrons. The highest BCUT2D eigenvalue weighted by Crippen LogP contribution is 2.61. The van der Waals surface area contributed by atoms with Gasteiger partial charge in [0.2, 0.25) is 0 Å². The summed E-state index contributed by atoms with van der Waals surface area (Å²) in [5, 5.41) is -4.60. The minimum atomic E-state index is -5.70. The van der Waals surface area contributed by atoms with Crippen LogP contribution >= 0.6 is 0 Å². The predicted molar refractivity (Wildman–Crippen MR) is 84.9 cm³/mol. The summed E-state index contributed by atoms with van der Waals surface area (Å²) in [5.41, 5.74) is -0.670. The van der Waals surface area contributed by atoms with Crippen molar-refractivity contribution in [3.05, 3.63) is 0 Å². The van der Waals surface area contributed by atoms with Crippen LogP contribution in [0.5, 0.6) is 0 Å². The molecule has 0 heterocycles. The van der Waals surface area contributed by atoms with E-state index in [0.29, 0.717) is 32.1 Å². The van der Waals surface area contributed by atoms with Crippen molar-refractivity contribution in [2.24, 2.45) is 23.2 Å². The van der Waals surface area contributed by atoms with Gasteiger partial charge in [-0.15, -0.1) is 0 Å². The number of ether oxygens (including phenoxy) is 3. The van der Waals surface area contributed by atoms with Gasteiger partial charge in [-0.3, -0.25) is 14.1 Å². The van der Waals surface area contributed by atoms with E-state index < -0.39 is 39.3 Å². The third kappa shape index (κ3) is 3.81. The zero-order valence-corrected chi connectivity index (χ0v) is 15.5. The molecule has 4 aliphatic rings. The molecule has 4 rings (SSSR count). The Morgan fingerprint density at radius 3 is 2.30 bits per heavy atom. The predicted octanol–water partition coefficient (Wildman–Crippen LogP) is 1.74. The molecule has 11 heteroatoms. The van der Waals surface area contributed by atoms with Crippen molar-refractivity contribution >= 4 is 22.1 Å². The fourth-order valence-corrected chi connectivity index (χ4v) is 5.44. The number of hydrogen-bond donors (Lipinski definition) is 1. The third-order valence-electron chi connectivity index (χ3n) is 5.92. The van der Waals surface area contributed by atoms with Crippen LogP contribution in [0.15, 0.2) is 0 Å². The fraction of sp³-hybridized carbons (Fsp3) is 0.875. The van der Waals surface area contributed by atoms with Gasteiger partial charge in [0.05, 0.1) is 5.41 Å². The molecule has 1 N–H and O–H groups in total. The van der Waals surface area contributed by atoms with Crippen molar-refractivity contribution in [1.82, 2.24) is 0 Å². The van der Waals surface area contributed by atoms with Gasteiger partial charge in [0.25, 0.3) is 0 Å². The highest BCUT2D eigenvalue weighted by Gasteiger charge is 2.60. The monoisotopic (exact) mass is 412 g/mol. The first-order chi connectivity index (χ1) is 12.5. The molecule has 0 aromatic heterocycles. The van der Waals surface area contributed by atoms with E-state index in [4.69, 9.17) is 18.8 Å². The van der Waals surface area contributed by atoms with E-state index in [1.807, 2.05) is 0 Å². The SMILES string of the molecule is COCOC(=O)C12CC3CC(C1)C(OC(=O)CC(F)(F)S(=O)(=O)O)C(C3)C2. The maximum atomic E-state index is 13.4. The van der Waals surface area contributed by atoms with Crippen LogP contribution in [-0.4, -0.2) is 50.2 Å². The molecule has 2 atom stereocenters. The van der Waals surface area contributed by atoms with Gasteiger partial charge in [0, 0.05) is 7.11 Å². The number of carbonyl (C=O) groups excluding carboxylic acids is 2. The minimum absolute atomic E-state index is 0.149. The lowest BCUT2D eigenvalue weighted by Gasteiger charge is -2.57. The summed E-state index contributed by atoms with van der Waals surface area (Å²) in [6, 6.07) is 0. The standard InChI is InChI=1S/C16H22F2O8S/c1-24-8-25-14(20)15-4-9-2-10(5-15)13(11(3-9)6-15)26-12(19)7-16(17,18)27(21,22)23/h9-11,13H,2-8H2,1H3,(H,21,22,23). The minimum Gasteiger partial charge on any atom is -0.462 e. The summed E-state index contributed by atoms with van der Waals surface area (Å²) in [6.45, 7) is -0.149. The Labute approximate surface area is 155 Å². The Hall–Kier alpha value is -1.33. The third-order valence-corrected chi connectivity index (χ3v) is 6.82. The van der Waals surface area contributed by atoms with E-state index in [1.54, 1.807) is 0 Å². The van der Waals surface area contributed by atoms with Crippen LogP contribution in [0.4, 0.5) is 8.78 Å². The van der Waals surface area contributed by atoms with E-state index in [2.05, 4.69) is 0 Å². The topological polar surface area (TPSA) is 116 Å². The quantitative estimate of drug-likeness (QED) is 0.382. The summed E-state index contributed by atoms with van der Waals surface area (Å²) < 4.78 is 71.7. The van der Waals surface area contributed by atoms with Crippen LogP contribution in [0.25, 0.3) is 0 Å². The maximum Gasteiger partial charge on any atom is 0.380 e. The van der Waals surface area contributed by atoms with Crippen molar-refractivity contribution in [3.8, 4) is 0 Å². The van der Waals surface area contributed by atoms with Gasteiger partial charge < -0.3 is 14.2 Å². The average molecular weight is 412 g/mol. The highest BCUT2D eigenvalue weighted by atomic mass is 32.2. The van der Waals surface area contributed by atoms with Crippen molar-refractivity contribution in [3.63, 3.8) is 0 Å². The van der Waals surface area contributed by atoms with Crippen molar-refractivity contribution < 1.29 is 45.6 Å². The van der Waals surface area contributed by atoms with E-state index in [0.717, 1.165) is 0 Å². The zero-order chi connectivity index (χ0) is 20.0. The van der Waals surface area contributed by atoms with Crippen LogP contribution in [0.3, 0.4) is 0 Å². The molecule has 0 aromatic carbocycles. The summed E-state index contributed by atoms with van der Waals surface area (Å²) in [4.78, 5) is 24.3. The molecule has 154 valence electrons. The van der Waals surface area contributed by atoms with E-state index in [9.17, 15) is 26.8 Å². The number of methoxy groups -OCH3 is 1. The number of halogens is 2. The lowest BCUT2D eigenvalue weighted by atomic mass is 9.48. The van der Waals surface area contributed by atoms with Crippen LogP contribution < -0.4 is 0 Å². The molecular formula is C16H22F2O8S. The highest BCUT2D eigenvalue weighted by molar-refractivity contribution is 7.86. The first-order valence-corrected chi connectivity index (χ1v) is 10.1. The summed E-state index contributed by atoms with van der Waals surface area (Å²) >= 11 is 0. The number of hydrogen-bond acceptors (Lipinski definition) is 7. The Balaban J connectivity index is 1.67. The van der Waals surface area contributed by atoms with Crippen molar-refractivity contribution in [2.45, 2.75) is 49.9 Å². The molecule has 0 saturated heterocycles. The van der Waals surface area contributed by atoms with Gasteiger partial charge in [0.1, 0.15) is 12.5 Å². The molecular weight excluding hydrogens is 390 g/mol. The van der Waals surface area contributed by atoms with Crippen LogP contribution in [0, 0.1) is 23.2 Å². The molecule has 27 heavy (non-hydrogen) atoms. The van der Waals surface area contributed by atoms with Crippen LogP contribution in [-0.2, 0) is 33.9 Å². The largest absolute Gasteiger partial charge is 0.462 e. The Morgan fingerprint density at radius 1 is 1.19 bits per heavy atom. The van der Waals surface area contributed by atoms with E-state index in [1.165, 1.54) is 7.11 Å². The molecule has 0 aliphatic heterocycles. The molecule has 0 aromatic rings. The van der Waals surface area contributed by atoms with Crippen LogP contribution in [0.2, 0.25) is 0 Å². The first kappa shape index (κ1) is 20.4. The fourth-order valence-electron chi connectivity index (χ4n) is 5.14. The molecule has 4 aliphatic carbocycles. The number of alkyl halides is 2. The van der Waals surface area contributed by atoms with E-state index >= 15 is 0 Å². The van der Waals surface area contributed by atoms with Crippen molar-refractivity contribution in [1.29, 1.82) is 0 Å². The normalized spacial score (nSPS) is 35.1. The lowest BCUT2D eigenvalue weighted by Crippen LogP contribution is -2.57. The van der Waals surface area contributed by atoms with Gasteiger partial charge in [-0.2, -0.15) is 17.2 Å². The molecule has 4 bridgehead atoms. The molecule has 0 spiro atoms. The molecule has 4 fully saturated rings. The second-order valence-corrected chi connectivity index (χ2v) is 9.38. The number of esters is 2. The van der Waals surface area contributed by atoms with Gasteiger partial charge in [0.15, 0.2) is 6.79 Å². The Bertz CT molecular complexity index is 706. The second-order valence-electron chi connectivity index (χ2n) is 7.83. The summed E-state index contributed by atoms with van der Waals surface area (Å²) in [7, 11) is -4.29. The molecule has 2 unspecified atom stereocenters. The Morgan fingerprint density at radius 2 is 1.78 bits per heavy atom. The number of carbonyl (C=O) groups is 2. The van der Waals surface area contributed by atoms with E-state index in [-0.39, 0.29) is 30.5 Å². The summed E-state index contributed by atoms with van der Waals surface area (Å²) in [6.07, 6.45) is 0.570.